The molecule has 4 aromatic rings. The van der Waals surface area contributed by atoms with Crippen molar-refractivity contribution >= 4 is 10.9 Å². The number of hydrogen-bond acceptors (Lipinski definition) is 1. The van der Waals surface area contributed by atoms with E-state index in [0.717, 1.165) is 47.6 Å². The Balaban J connectivity index is 1.44. The minimum absolute atomic E-state index is 0.128. The highest BCUT2D eigenvalue weighted by Gasteiger charge is 2.21. The lowest BCUT2D eigenvalue weighted by molar-refractivity contribution is 0.634. The maximum atomic E-state index is 15.7. The first-order valence-corrected chi connectivity index (χ1v) is 11.7. The molecule has 3 aromatic carbocycles. The van der Waals surface area contributed by atoms with Crippen LogP contribution < -0.4 is 5.32 Å². The van der Waals surface area contributed by atoms with Crippen molar-refractivity contribution in [2.45, 2.75) is 39.7 Å². The molecule has 1 fully saturated rings. The van der Waals surface area contributed by atoms with Crippen molar-refractivity contribution in [3.63, 3.8) is 0 Å². The fourth-order valence-electron chi connectivity index (χ4n) is 4.55. The summed E-state index contributed by atoms with van der Waals surface area (Å²) in [6.45, 7) is 6.90. The predicted octanol–water partition coefficient (Wildman–Crippen LogP) is 6.65. The van der Waals surface area contributed by atoms with Gasteiger partial charge in [-0.15, -0.1) is 0 Å². The van der Waals surface area contributed by atoms with Gasteiger partial charge in [0.25, 0.3) is 0 Å². The summed E-state index contributed by atoms with van der Waals surface area (Å²) in [5, 5.41) is 4.26. The van der Waals surface area contributed by atoms with Gasteiger partial charge in [-0.25, -0.2) is 4.39 Å². The van der Waals surface area contributed by atoms with Crippen LogP contribution >= 0.6 is 0 Å². The van der Waals surface area contributed by atoms with E-state index in [0.29, 0.717) is 17.6 Å². The summed E-state index contributed by atoms with van der Waals surface area (Å²) < 4.78 is 17.8. The number of nitrogens with zero attached hydrogens (tertiary/aromatic N) is 1. The Morgan fingerprint density at radius 3 is 2.44 bits per heavy atom. The summed E-state index contributed by atoms with van der Waals surface area (Å²) in [6, 6.07) is 23.0. The summed E-state index contributed by atoms with van der Waals surface area (Å²) in [7, 11) is 0. The largest absolute Gasteiger partial charge is 0.334 e. The average Bonchev–Trinajstić information content (AvgIpc) is 3.59. The molecule has 32 heavy (non-hydrogen) atoms. The first-order valence-electron chi connectivity index (χ1n) is 11.7. The third-order valence-electron chi connectivity index (χ3n) is 6.64. The van der Waals surface area contributed by atoms with Crippen molar-refractivity contribution in [1.82, 2.24) is 9.88 Å². The highest BCUT2D eigenvalue weighted by molar-refractivity contribution is 5.89. The Morgan fingerprint density at radius 1 is 0.938 bits per heavy atom. The van der Waals surface area contributed by atoms with Crippen LogP contribution in [0.2, 0.25) is 0 Å². The van der Waals surface area contributed by atoms with Crippen LogP contribution in [0, 0.1) is 25.6 Å². The van der Waals surface area contributed by atoms with Crippen LogP contribution in [0.5, 0.6) is 0 Å². The molecule has 0 bridgehead atoms. The number of aryl methyl sites for hydroxylation is 2. The Bertz CT molecular complexity index is 1230. The third kappa shape index (κ3) is 4.35. The van der Waals surface area contributed by atoms with Crippen molar-refractivity contribution in [1.29, 1.82) is 0 Å². The van der Waals surface area contributed by atoms with Crippen molar-refractivity contribution in [3.8, 4) is 11.3 Å². The number of benzene rings is 3. The standard InChI is InChI=1S/C29H31FN2/c1-20-7-14-27-26(17-20)28(30)29(25-6-4-3-5-21(25)2)32(27)19-24-12-8-22(9-13-24)15-16-31-18-23-10-11-23/h3-9,12-14,17,23,31H,10-11,15-16,18-19H2,1-2H3. The molecule has 1 heterocycles. The molecule has 0 radical (unpaired) electrons. The fourth-order valence-corrected chi connectivity index (χ4v) is 4.55. The van der Waals surface area contributed by atoms with Crippen molar-refractivity contribution in [2.75, 3.05) is 13.1 Å². The molecule has 5 rings (SSSR count). The molecule has 164 valence electrons. The van der Waals surface area contributed by atoms with Gasteiger partial charge in [-0.2, -0.15) is 0 Å². The SMILES string of the molecule is Cc1ccc2c(c1)c(F)c(-c1ccccc1C)n2Cc1ccc(CCNCC2CC2)cc1. The van der Waals surface area contributed by atoms with Gasteiger partial charge in [-0.1, -0.05) is 60.2 Å². The Kier molecular flexibility index (Phi) is 5.84. The van der Waals surface area contributed by atoms with Gasteiger partial charge in [0.1, 0.15) is 0 Å². The van der Waals surface area contributed by atoms with Crippen LogP contribution in [0.3, 0.4) is 0 Å². The minimum Gasteiger partial charge on any atom is -0.334 e. The maximum absolute atomic E-state index is 15.7. The quantitative estimate of drug-likeness (QED) is 0.312. The molecule has 0 amide bonds. The Labute approximate surface area is 190 Å². The maximum Gasteiger partial charge on any atom is 0.156 e. The van der Waals surface area contributed by atoms with E-state index in [9.17, 15) is 0 Å². The number of rotatable bonds is 8. The zero-order chi connectivity index (χ0) is 22.1. The van der Waals surface area contributed by atoms with E-state index in [1.165, 1.54) is 24.0 Å². The second-order valence-corrected chi connectivity index (χ2v) is 9.30. The summed E-state index contributed by atoms with van der Waals surface area (Å²) >= 11 is 0. The Morgan fingerprint density at radius 2 is 1.69 bits per heavy atom. The second-order valence-electron chi connectivity index (χ2n) is 9.30. The number of nitrogens with one attached hydrogen (secondary N) is 1. The predicted molar refractivity (Wildman–Crippen MR) is 132 cm³/mol. The van der Waals surface area contributed by atoms with Crippen LogP contribution in [0.15, 0.2) is 66.7 Å². The van der Waals surface area contributed by atoms with Gasteiger partial charge in [0.2, 0.25) is 0 Å². The highest BCUT2D eigenvalue weighted by atomic mass is 19.1. The van der Waals surface area contributed by atoms with Crippen LogP contribution in [0.25, 0.3) is 22.2 Å². The number of hydrogen-bond donors (Lipinski definition) is 1. The lowest BCUT2D eigenvalue weighted by Crippen LogP contribution is -2.19. The summed E-state index contributed by atoms with van der Waals surface area (Å²) in [4.78, 5) is 0. The van der Waals surface area contributed by atoms with Crippen LogP contribution in [-0.4, -0.2) is 17.7 Å². The summed E-state index contributed by atoms with van der Waals surface area (Å²) in [5.74, 6) is 0.789. The monoisotopic (exact) mass is 426 g/mol. The first kappa shape index (κ1) is 21.0. The van der Waals surface area contributed by atoms with E-state index >= 15 is 4.39 Å². The lowest BCUT2D eigenvalue weighted by atomic mass is 10.0. The van der Waals surface area contributed by atoms with E-state index in [-0.39, 0.29) is 5.82 Å². The van der Waals surface area contributed by atoms with E-state index in [4.69, 9.17) is 0 Å². The molecule has 0 aliphatic heterocycles. The molecule has 1 aliphatic carbocycles. The topological polar surface area (TPSA) is 17.0 Å². The molecule has 2 nitrogen and oxygen atoms in total. The smallest absolute Gasteiger partial charge is 0.156 e. The molecular formula is C29H31FN2. The molecule has 3 heteroatoms. The van der Waals surface area contributed by atoms with Crippen molar-refractivity contribution in [2.24, 2.45) is 5.92 Å². The van der Waals surface area contributed by atoms with Crippen molar-refractivity contribution < 1.29 is 4.39 Å². The normalized spacial score (nSPS) is 13.7. The molecule has 1 N–H and O–H groups in total. The molecule has 1 aromatic heterocycles. The summed E-state index contributed by atoms with van der Waals surface area (Å²) in [5.41, 5.74) is 7.27. The van der Waals surface area contributed by atoms with Crippen LogP contribution in [0.4, 0.5) is 4.39 Å². The average molecular weight is 427 g/mol. The Hall–Kier alpha value is -2.91. The minimum atomic E-state index is -0.128. The molecule has 0 spiro atoms. The van der Waals surface area contributed by atoms with Gasteiger partial charge in [0, 0.05) is 17.5 Å². The lowest BCUT2D eigenvalue weighted by Gasteiger charge is -2.14. The van der Waals surface area contributed by atoms with Crippen molar-refractivity contribution in [3.05, 3.63) is 94.8 Å². The fraction of sp³-hybridized carbons (Fsp3) is 0.310. The molecule has 0 saturated heterocycles. The highest BCUT2D eigenvalue weighted by Crippen LogP contribution is 2.35. The zero-order valence-electron chi connectivity index (χ0n) is 19.0. The van der Waals surface area contributed by atoms with E-state index < -0.39 is 0 Å². The molecule has 0 atom stereocenters. The summed E-state index contributed by atoms with van der Waals surface area (Å²) in [6.07, 6.45) is 3.82. The van der Waals surface area contributed by atoms with Crippen LogP contribution in [-0.2, 0) is 13.0 Å². The van der Waals surface area contributed by atoms with Gasteiger partial charge >= 0.3 is 0 Å². The third-order valence-corrected chi connectivity index (χ3v) is 6.64. The zero-order valence-corrected chi connectivity index (χ0v) is 19.0. The molecule has 0 unspecified atom stereocenters. The van der Waals surface area contributed by atoms with Gasteiger partial charge in [0.05, 0.1) is 11.2 Å². The molecule has 1 aliphatic rings. The van der Waals surface area contributed by atoms with E-state index in [2.05, 4.69) is 46.3 Å². The number of fused-ring (bicyclic) bond motifs is 1. The van der Waals surface area contributed by atoms with Gasteiger partial charge < -0.3 is 9.88 Å². The van der Waals surface area contributed by atoms with E-state index in [1.54, 1.807) is 0 Å². The van der Waals surface area contributed by atoms with Crippen LogP contribution in [0.1, 0.15) is 35.1 Å². The second kappa shape index (κ2) is 8.91. The number of halogens is 1. The molecular weight excluding hydrogens is 395 g/mol. The molecule has 1 saturated carbocycles. The first-order chi connectivity index (χ1) is 15.6. The van der Waals surface area contributed by atoms with E-state index in [1.807, 2.05) is 44.2 Å². The van der Waals surface area contributed by atoms with Gasteiger partial charge in [0.15, 0.2) is 5.82 Å². The number of aromatic nitrogens is 1. The van der Waals surface area contributed by atoms with Gasteiger partial charge in [-0.3, -0.25) is 0 Å². The van der Waals surface area contributed by atoms with Gasteiger partial charge in [-0.05, 0) is 80.9 Å².